The molecule has 78 valence electrons. The Balaban J connectivity index is 2.33. The van der Waals surface area contributed by atoms with Gasteiger partial charge in [-0.05, 0) is 39.7 Å². The van der Waals surface area contributed by atoms with Gasteiger partial charge in [0.25, 0.3) is 0 Å². The Morgan fingerprint density at radius 3 is 2.54 bits per heavy atom. The Kier molecular flexibility index (Phi) is 3.33. The molecule has 0 spiro atoms. The van der Waals surface area contributed by atoms with Gasteiger partial charge in [-0.2, -0.15) is 0 Å². The second-order valence-corrected chi connectivity index (χ2v) is 4.84. The molecule has 1 fully saturated rings. The predicted molar refractivity (Wildman–Crippen MR) is 52.5 cm³/mol. The summed E-state index contributed by atoms with van der Waals surface area (Å²) in [6, 6.07) is 0. The molecule has 2 N–H and O–H groups in total. The molecule has 0 bridgehead atoms. The average Bonchev–Trinajstić information content (AvgIpc) is 2.31. The van der Waals surface area contributed by atoms with Crippen molar-refractivity contribution >= 4 is 0 Å². The highest BCUT2D eigenvalue weighted by Gasteiger charge is 2.28. The third-order valence-electron chi connectivity index (χ3n) is 2.60. The van der Waals surface area contributed by atoms with Crippen LogP contribution in [0.3, 0.4) is 0 Å². The molecule has 2 unspecified atom stereocenters. The Labute approximate surface area is 80.4 Å². The largest absolute Gasteiger partial charge is 0.393 e. The third-order valence-corrected chi connectivity index (χ3v) is 2.60. The normalized spacial score (nSPS) is 27.9. The monoisotopic (exact) mass is 187 g/mol. The fourth-order valence-corrected chi connectivity index (χ4v) is 1.95. The Morgan fingerprint density at radius 1 is 1.54 bits per heavy atom. The van der Waals surface area contributed by atoms with E-state index in [0.717, 1.165) is 19.5 Å². The van der Waals surface area contributed by atoms with Gasteiger partial charge in [0.15, 0.2) is 0 Å². The summed E-state index contributed by atoms with van der Waals surface area (Å²) in [5.74, 6) is 0.391. The highest BCUT2D eigenvalue weighted by atomic mass is 16.3. The minimum Gasteiger partial charge on any atom is -0.393 e. The van der Waals surface area contributed by atoms with Crippen molar-refractivity contribution in [3.8, 4) is 0 Å². The van der Waals surface area contributed by atoms with Gasteiger partial charge in [-0.25, -0.2) is 0 Å². The van der Waals surface area contributed by atoms with Gasteiger partial charge < -0.3 is 15.1 Å². The van der Waals surface area contributed by atoms with E-state index in [9.17, 15) is 10.2 Å². The third kappa shape index (κ3) is 3.63. The van der Waals surface area contributed by atoms with Crippen LogP contribution in [0.4, 0.5) is 0 Å². The van der Waals surface area contributed by atoms with Crippen LogP contribution in [-0.2, 0) is 0 Å². The molecular weight excluding hydrogens is 166 g/mol. The number of hydrogen-bond donors (Lipinski definition) is 2. The molecule has 0 saturated carbocycles. The molecule has 0 aromatic heterocycles. The number of nitrogens with zero attached hydrogens (tertiary/aromatic N) is 1. The van der Waals surface area contributed by atoms with Crippen molar-refractivity contribution in [1.82, 2.24) is 4.90 Å². The Morgan fingerprint density at radius 2 is 2.15 bits per heavy atom. The quantitative estimate of drug-likeness (QED) is 0.674. The van der Waals surface area contributed by atoms with E-state index in [4.69, 9.17) is 0 Å². The first-order valence-electron chi connectivity index (χ1n) is 5.01. The van der Waals surface area contributed by atoms with Gasteiger partial charge in [0.1, 0.15) is 0 Å². The first-order chi connectivity index (χ1) is 5.88. The Hall–Kier alpha value is -0.120. The molecule has 3 nitrogen and oxygen atoms in total. The average molecular weight is 187 g/mol. The molecule has 0 aromatic carbocycles. The first kappa shape index (κ1) is 11.0. The zero-order valence-corrected chi connectivity index (χ0v) is 8.82. The van der Waals surface area contributed by atoms with Crippen molar-refractivity contribution in [2.45, 2.75) is 38.9 Å². The van der Waals surface area contributed by atoms with Crippen molar-refractivity contribution in [2.24, 2.45) is 5.92 Å². The molecule has 0 aliphatic carbocycles. The lowest BCUT2D eigenvalue weighted by atomic mass is 10.0. The maximum absolute atomic E-state index is 9.60. The summed E-state index contributed by atoms with van der Waals surface area (Å²) in [7, 11) is 0. The fourth-order valence-electron chi connectivity index (χ4n) is 1.95. The topological polar surface area (TPSA) is 43.7 Å². The van der Waals surface area contributed by atoms with E-state index in [-0.39, 0.29) is 6.10 Å². The fraction of sp³-hybridized carbons (Fsp3) is 1.00. The van der Waals surface area contributed by atoms with Crippen LogP contribution in [0.15, 0.2) is 0 Å². The van der Waals surface area contributed by atoms with Gasteiger partial charge in [0.2, 0.25) is 0 Å². The summed E-state index contributed by atoms with van der Waals surface area (Å²) in [4.78, 5) is 2.22. The van der Waals surface area contributed by atoms with Crippen molar-refractivity contribution < 1.29 is 10.2 Å². The summed E-state index contributed by atoms with van der Waals surface area (Å²) < 4.78 is 0. The van der Waals surface area contributed by atoms with Gasteiger partial charge in [-0.15, -0.1) is 0 Å². The highest BCUT2D eigenvalue weighted by Crippen LogP contribution is 2.21. The maximum Gasteiger partial charge on any atom is 0.0718 e. The molecular formula is C10H21NO2. The molecule has 1 saturated heterocycles. The van der Waals surface area contributed by atoms with Crippen LogP contribution in [0.2, 0.25) is 0 Å². The number of likely N-dealkylation sites (tertiary alicyclic amines) is 1. The summed E-state index contributed by atoms with van der Waals surface area (Å²) in [5, 5.41) is 19.0. The number of hydrogen-bond acceptors (Lipinski definition) is 3. The van der Waals surface area contributed by atoms with Crippen LogP contribution in [0.5, 0.6) is 0 Å². The minimum atomic E-state index is -0.617. The van der Waals surface area contributed by atoms with Crippen molar-refractivity contribution in [3.05, 3.63) is 0 Å². The molecule has 1 heterocycles. The molecule has 0 aromatic rings. The molecule has 0 radical (unpaired) electrons. The molecule has 3 heteroatoms. The van der Waals surface area contributed by atoms with Crippen LogP contribution >= 0.6 is 0 Å². The summed E-state index contributed by atoms with van der Waals surface area (Å²) in [6.45, 7) is 8.11. The van der Waals surface area contributed by atoms with E-state index in [0.29, 0.717) is 12.5 Å². The standard InChI is InChI=1S/C10H21NO2/c1-8(12)9-4-5-11(6-9)7-10(2,3)13/h8-9,12-13H,4-7H2,1-3H3. The van der Waals surface area contributed by atoms with E-state index in [1.54, 1.807) is 0 Å². The van der Waals surface area contributed by atoms with Gasteiger partial charge >= 0.3 is 0 Å². The zero-order chi connectivity index (χ0) is 10.1. The van der Waals surface area contributed by atoms with E-state index in [1.807, 2.05) is 20.8 Å². The van der Waals surface area contributed by atoms with Crippen molar-refractivity contribution in [1.29, 1.82) is 0 Å². The second kappa shape index (κ2) is 3.95. The lowest BCUT2D eigenvalue weighted by Crippen LogP contribution is -2.37. The smallest absolute Gasteiger partial charge is 0.0718 e. The minimum absolute atomic E-state index is 0.216. The first-order valence-corrected chi connectivity index (χ1v) is 5.01. The van der Waals surface area contributed by atoms with Crippen molar-refractivity contribution in [2.75, 3.05) is 19.6 Å². The lowest BCUT2D eigenvalue weighted by molar-refractivity contribution is 0.0394. The molecule has 1 aliphatic rings. The van der Waals surface area contributed by atoms with Crippen LogP contribution in [-0.4, -0.2) is 46.5 Å². The summed E-state index contributed by atoms with van der Waals surface area (Å²) in [6.07, 6.45) is 0.833. The molecule has 1 aliphatic heterocycles. The van der Waals surface area contributed by atoms with Gasteiger partial charge in [0.05, 0.1) is 11.7 Å². The number of aliphatic hydroxyl groups is 2. The lowest BCUT2D eigenvalue weighted by Gasteiger charge is -2.25. The SMILES string of the molecule is CC(O)C1CCN(CC(C)(C)O)C1. The van der Waals surface area contributed by atoms with E-state index >= 15 is 0 Å². The highest BCUT2D eigenvalue weighted by molar-refractivity contribution is 4.82. The van der Waals surface area contributed by atoms with Gasteiger partial charge in [-0.3, -0.25) is 0 Å². The van der Waals surface area contributed by atoms with Crippen LogP contribution < -0.4 is 0 Å². The van der Waals surface area contributed by atoms with Crippen molar-refractivity contribution in [3.63, 3.8) is 0 Å². The zero-order valence-electron chi connectivity index (χ0n) is 8.82. The van der Waals surface area contributed by atoms with E-state index in [2.05, 4.69) is 4.90 Å². The number of aliphatic hydroxyl groups excluding tert-OH is 1. The second-order valence-electron chi connectivity index (χ2n) is 4.84. The number of rotatable bonds is 3. The summed E-state index contributed by atoms with van der Waals surface area (Å²) >= 11 is 0. The van der Waals surface area contributed by atoms with Gasteiger partial charge in [-0.1, -0.05) is 0 Å². The van der Waals surface area contributed by atoms with E-state index < -0.39 is 5.60 Å². The maximum atomic E-state index is 9.60. The van der Waals surface area contributed by atoms with Crippen LogP contribution in [0, 0.1) is 5.92 Å². The van der Waals surface area contributed by atoms with Crippen LogP contribution in [0.25, 0.3) is 0 Å². The molecule has 1 rings (SSSR count). The van der Waals surface area contributed by atoms with Gasteiger partial charge in [0, 0.05) is 13.1 Å². The van der Waals surface area contributed by atoms with E-state index in [1.165, 1.54) is 0 Å². The molecule has 0 amide bonds. The Bertz CT molecular complexity index is 163. The molecule has 13 heavy (non-hydrogen) atoms. The van der Waals surface area contributed by atoms with Crippen LogP contribution in [0.1, 0.15) is 27.2 Å². The number of β-amino-alcohol motifs (C(OH)–C–C–N with tert-alkyl or cyclic N) is 1. The molecule has 2 atom stereocenters. The summed E-state index contributed by atoms with van der Waals surface area (Å²) in [5.41, 5.74) is -0.617. The predicted octanol–water partition coefficient (Wildman–Crippen LogP) is 0.460.